The molecule has 0 aromatic carbocycles. The van der Waals surface area contributed by atoms with Crippen molar-refractivity contribution in [3.05, 3.63) is 0 Å². The van der Waals surface area contributed by atoms with Crippen molar-refractivity contribution >= 4 is 11.9 Å². The van der Waals surface area contributed by atoms with Gasteiger partial charge in [0.15, 0.2) is 0 Å². The second kappa shape index (κ2) is 8.28. The molecule has 1 fully saturated rings. The van der Waals surface area contributed by atoms with Gasteiger partial charge in [-0.2, -0.15) is 0 Å². The lowest BCUT2D eigenvalue weighted by Crippen LogP contribution is -2.35. The van der Waals surface area contributed by atoms with Gasteiger partial charge in [-0.15, -0.1) is 0 Å². The number of carbonyl (C=O) groups excluding carboxylic acids is 2. The van der Waals surface area contributed by atoms with Gasteiger partial charge in [0.1, 0.15) is 0 Å². The van der Waals surface area contributed by atoms with E-state index in [1.54, 1.807) is 0 Å². The Morgan fingerprint density at radius 3 is 1.50 bits per heavy atom. The summed E-state index contributed by atoms with van der Waals surface area (Å²) >= 11 is 0. The summed E-state index contributed by atoms with van der Waals surface area (Å²) < 4.78 is 10.6. The third-order valence-corrected chi connectivity index (χ3v) is 3.49. The Labute approximate surface area is 122 Å². The summed E-state index contributed by atoms with van der Waals surface area (Å²) in [5.74, 6) is -0.470. The topological polar surface area (TPSA) is 52.6 Å². The van der Waals surface area contributed by atoms with Gasteiger partial charge in [-0.05, 0) is 24.7 Å². The summed E-state index contributed by atoms with van der Waals surface area (Å²) in [6, 6.07) is 0. The zero-order valence-electron chi connectivity index (χ0n) is 13.2. The van der Waals surface area contributed by atoms with E-state index in [-0.39, 0.29) is 23.8 Å². The fourth-order valence-electron chi connectivity index (χ4n) is 2.41. The van der Waals surface area contributed by atoms with Crippen molar-refractivity contribution in [1.82, 2.24) is 0 Å². The van der Waals surface area contributed by atoms with Crippen LogP contribution in [-0.4, -0.2) is 25.2 Å². The number of rotatable bonds is 6. The van der Waals surface area contributed by atoms with Crippen molar-refractivity contribution in [1.29, 1.82) is 0 Å². The first kappa shape index (κ1) is 17.0. The molecule has 0 heterocycles. The lowest BCUT2D eigenvalue weighted by atomic mass is 9.79. The Kier molecular flexibility index (Phi) is 7.03. The monoisotopic (exact) mass is 284 g/mol. The molecule has 20 heavy (non-hydrogen) atoms. The van der Waals surface area contributed by atoms with Crippen molar-refractivity contribution in [2.45, 2.75) is 53.4 Å². The lowest BCUT2D eigenvalue weighted by molar-refractivity contribution is -0.164. The van der Waals surface area contributed by atoms with Crippen molar-refractivity contribution < 1.29 is 19.1 Å². The predicted molar refractivity (Wildman–Crippen MR) is 77.0 cm³/mol. The summed E-state index contributed by atoms with van der Waals surface area (Å²) in [7, 11) is 0. The molecular formula is C16H28O4. The van der Waals surface area contributed by atoms with E-state index in [1.165, 1.54) is 0 Å². The largest absolute Gasteiger partial charge is 0.465 e. The molecule has 1 rings (SSSR count). The minimum Gasteiger partial charge on any atom is -0.465 e. The predicted octanol–water partition coefficient (Wildman–Crippen LogP) is 3.19. The summed E-state index contributed by atoms with van der Waals surface area (Å²) in [6.07, 6.45) is 3.43. The molecule has 0 radical (unpaired) electrons. The van der Waals surface area contributed by atoms with Crippen LogP contribution in [0.1, 0.15) is 53.4 Å². The molecule has 4 heteroatoms. The molecule has 116 valence electrons. The van der Waals surface area contributed by atoms with Gasteiger partial charge in [0.25, 0.3) is 0 Å². The average molecular weight is 284 g/mol. The van der Waals surface area contributed by atoms with Crippen molar-refractivity contribution in [2.24, 2.45) is 23.7 Å². The zero-order valence-corrected chi connectivity index (χ0v) is 13.2. The highest BCUT2D eigenvalue weighted by Gasteiger charge is 2.37. The van der Waals surface area contributed by atoms with Gasteiger partial charge in [-0.3, -0.25) is 9.59 Å². The van der Waals surface area contributed by atoms with E-state index in [9.17, 15) is 9.59 Å². The van der Waals surface area contributed by atoms with Crippen LogP contribution >= 0.6 is 0 Å². The highest BCUT2D eigenvalue weighted by atomic mass is 16.5. The van der Waals surface area contributed by atoms with Crippen molar-refractivity contribution in [2.75, 3.05) is 13.2 Å². The van der Waals surface area contributed by atoms with Crippen LogP contribution in [0.25, 0.3) is 0 Å². The van der Waals surface area contributed by atoms with E-state index >= 15 is 0 Å². The van der Waals surface area contributed by atoms with Gasteiger partial charge in [-0.1, -0.05) is 40.5 Å². The zero-order chi connectivity index (χ0) is 15.1. The third kappa shape index (κ3) is 5.51. The quantitative estimate of drug-likeness (QED) is 0.703. The Hall–Kier alpha value is -1.06. The third-order valence-electron chi connectivity index (χ3n) is 3.49. The first-order valence-corrected chi connectivity index (χ1v) is 7.75. The van der Waals surface area contributed by atoms with E-state index in [4.69, 9.17) is 9.47 Å². The van der Waals surface area contributed by atoms with Crippen molar-refractivity contribution in [3.8, 4) is 0 Å². The first-order valence-electron chi connectivity index (χ1n) is 7.75. The summed E-state index contributed by atoms with van der Waals surface area (Å²) in [5, 5.41) is 0. The Morgan fingerprint density at radius 2 is 1.20 bits per heavy atom. The van der Waals surface area contributed by atoms with Crippen LogP contribution in [0.4, 0.5) is 0 Å². The molecule has 1 aliphatic carbocycles. The number of ether oxygens (including phenoxy) is 2. The fraction of sp³-hybridized carbons (Fsp3) is 0.875. The number of carbonyl (C=O) groups is 2. The Morgan fingerprint density at radius 1 is 0.850 bits per heavy atom. The highest BCUT2D eigenvalue weighted by Crippen LogP contribution is 2.32. The summed E-state index contributed by atoms with van der Waals surface area (Å²) in [5.41, 5.74) is 0. The molecule has 0 bridgehead atoms. The SMILES string of the molecule is CC(C)COC(=O)[C@H]1CCCC[C@H]1C(=O)OCC(C)C. The van der Waals surface area contributed by atoms with Gasteiger partial charge in [0.05, 0.1) is 25.0 Å². The molecule has 0 aromatic rings. The standard InChI is InChI=1S/C16H28O4/c1-11(2)9-19-15(17)13-7-5-6-8-14(13)16(18)20-10-12(3)4/h11-14H,5-10H2,1-4H3/t13-,14+. The maximum Gasteiger partial charge on any atom is 0.309 e. The second-order valence-electron chi connectivity index (χ2n) is 6.55. The minimum absolute atomic E-state index is 0.232. The van der Waals surface area contributed by atoms with Gasteiger partial charge >= 0.3 is 11.9 Å². The van der Waals surface area contributed by atoms with E-state index < -0.39 is 0 Å². The summed E-state index contributed by atoms with van der Waals surface area (Å²) in [6.45, 7) is 8.85. The van der Waals surface area contributed by atoms with Gasteiger partial charge < -0.3 is 9.47 Å². The van der Waals surface area contributed by atoms with E-state index in [1.807, 2.05) is 27.7 Å². The fourth-order valence-corrected chi connectivity index (χ4v) is 2.41. The lowest BCUT2D eigenvalue weighted by Gasteiger charge is -2.28. The van der Waals surface area contributed by atoms with Crippen LogP contribution < -0.4 is 0 Å². The van der Waals surface area contributed by atoms with E-state index in [0.29, 0.717) is 25.0 Å². The Balaban J connectivity index is 2.56. The van der Waals surface area contributed by atoms with Gasteiger partial charge in [0, 0.05) is 0 Å². The molecule has 0 aromatic heterocycles. The number of hydrogen-bond acceptors (Lipinski definition) is 4. The van der Waals surface area contributed by atoms with Crippen molar-refractivity contribution in [3.63, 3.8) is 0 Å². The molecule has 1 saturated carbocycles. The molecule has 0 N–H and O–H groups in total. The molecule has 4 nitrogen and oxygen atoms in total. The molecule has 0 saturated heterocycles. The number of esters is 2. The smallest absolute Gasteiger partial charge is 0.309 e. The van der Waals surface area contributed by atoms with Gasteiger partial charge in [-0.25, -0.2) is 0 Å². The minimum atomic E-state index is -0.317. The van der Waals surface area contributed by atoms with Crippen LogP contribution in [0.5, 0.6) is 0 Å². The highest BCUT2D eigenvalue weighted by molar-refractivity contribution is 5.82. The molecule has 2 atom stereocenters. The first-order chi connectivity index (χ1) is 9.41. The molecule has 0 amide bonds. The van der Waals surface area contributed by atoms with Gasteiger partial charge in [0.2, 0.25) is 0 Å². The maximum atomic E-state index is 12.1. The Bertz CT molecular complexity index is 290. The normalized spacial score (nSPS) is 22.9. The molecule has 0 aliphatic heterocycles. The van der Waals surface area contributed by atoms with Crippen LogP contribution in [0.2, 0.25) is 0 Å². The molecule has 1 aliphatic rings. The van der Waals surface area contributed by atoms with E-state index in [0.717, 1.165) is 25.7 Å². The second-order valence-corrected chi connectivity index (χ2v) is 6.55. The summed E-state index contributed by atoms with van der Waals surface area (Å²) in [4.78, 5) is 24.3. The van der Waals surface area contributed by atoms with Crippen LogP contribution in [-0.2, 0) is 19.1 Å². The van der Waals surface area contributed by atoms with Crippen LogP contribution in [0.15, 0.2) is 0 Å². The molecule has 0 spiro atoms. The molecular weight excluding hydrogens is 256 g/mol. The van der Waals surface area contributed by atoms with Crippen LogP contribution in [0, 0.1) is 23.7 Å². The molecule has 0 unspecified atom stereocenters. The number of hydrogen-bond donors (Lipinski definition) is 0. The average Bonchev–Trinajstić information content (AvgIpc) is 2.42. The van der Waals surface area contributed by atoms with Crippen LogP contribution in [0.3, 0.4) is 0 Å². The van der Waals surface area contributed by atoms with E-state index in [2.05, 4.69) is 0 Å². The maximum absolute atomic E-state index is 12.1.